The molecule has 3 rings (SSSR count). The van der Waals surface area contributed by atoms with Crippen molar-refractivity contribution < 1.29 is 14.6 Å². The number of thiophene rings is 1. The van der Waals surface area contributed by atoms with E-state index in [-0.39, 0.29) is 23.8 Å². The van der Waals surface area contributed by atoms with E-state index in [9.17, 15) is 14.9 Å². The first-order valence-corrected chi connectivity index (χ1v) is 9.62. The monoisotopic (exact) mass is 375 g/mol. The van der Waals surface area contributed by atoms with Gasteiger partial charge in [-0.1, -0.05) is 6.07 Å². The number of urea groups is 1. The summed E-state index contributed by atoms with van der Waals surface area (Å²) in [6, 6.07) is 9.91. The first-order chi connectivity index (χ1) is 12.5. The highest BCUT2D eigenvalue weighted by Gasteiger charge is 2.33. The van der Waals surface area contributed by atoms with E-state index in [1.54, 1.807) is 11.3 Å². The number of benzene rings is 1. The standard InChI is InChI=1S/C18H22N4O3S/c1-13(17(16-5-4-12-26-16)21-10-2-3-11-21)19-18(23)20-14-6-8-15(9-7-14)22(24)25/h4-9,12-13,17H,2-3,10-11H2,1H3,(H2,19,20,23)/p+1/t13-,17+/m1/s1. The first kappa shape index (κ1) is 18.3. The molecule has 0 saturated carbocycles. The van der Waals surface area contributed by atoms with Gasteiger partial charge in [-0.05, 0) is 30.5 Å². The summed E-state index contributed by atoms with van der Waals surface area (Å²) in [5.74, 6) is 0. The SMILES string of the molecule is C[C@@H](NC(=O)Nc1ccc([N+](=O)[O-])cc1)[C@@H](c1cccs1)[NH+]1CCCC1. The van der Waals surface area contributed by atoms with E-state index in [0.717, 1.165) is 13.1 Å². The molecule has 7 nitrogen and oxygen atoms in total. The number of hydrogen-bond donors (Lipinski definition) is 3. The van der Waals surface area contributed by atoms with Crippen LogP contribution in [0.2, 0.25) is 0 Å². The first-order valence-electron chi connectivity index (χ1n) is 8.74. The van der Waals surface area contributed by atoms with Gasteiger partial charge in [-0.2, -0.15) is 0 Å². The lowest BCUT2D eigenvalue weighted by Gasteiger charge is -2.29. The summed E-state index contributed by atoms with van der Waals surface area (Å²) in [6.07, 6.45) is 2.44. The highest BCUT2D eigenvalue weighted by molar-refractivity contribution is 7.10. The summed E-state index contributed by atoms with van der Waals surface area (Å²) in [7, 11) is 0. The predicted octanol–water partition coefficient (Wildman–Crippen LogP) is 2.59. The van der Waals surface area contributed by atoms with Gasteiger partial charge in [0.1, 0.15) is 6.04 Å². The van der Waals surface area contributed by atoms with E-state index in [0.29, 0.717) is 5.69 Å². The van der Waals surface area contributed by atoms with Crippen LogP contribution in [-0.2, 0) is 0 Å². The Balaban J connectivity index is 1.63. The fraction of sp³-hybridized carbons (Fsp3) is 0.389. The van der Waals surface area contributed by atoms with Gasteiger partial charge in [0.2, 0.25) is 0 Å². The van der Waals surface area contributed by atoms with E-state index in [1.807, 2.05) is 13.0 Å². The van der Waals surface area contributed by atoms with Gasteiger partial charge in [-0.25, -0.2) is 4.79 Å². The number of nitrogens with one attached hydrogen (secondary N) is 3. The molecule has 1 saturated heterocycles. The van der Waals surface area contributed by atoms with Gasteiger partial charge in [0.15, 0.2) is 0 Å². The Hall–Kier alpha value is -2.45. The third kappa shape index (κ3) is 4.39. The third-order valence-corrected chi connectivity index (χ3v) is 5.69. The molecule has 1 aromatic carbocycles. The average Bonchev–Trinajstić information content (AvgIpc) is 3.30. The minimum Gasteiger partial charge on any atom is -0.329 e. The molecule has 26 heavy (non-hydrogen) atoms. The highest BCUT2D eigenvalue weighted by atomic mass is 32.1. The van der Waals surface area contributed by atoms with Crippen LogP contribution in [0.4, 0.5) is 16.2 Å². The largest absolute Gasteiger partial charge is 0.329 e. The van der Waals surface area contributed by atoms with E-state index in [2.05, 4.69) is 22.1 Å². The summed E-state index contributed by atoms with van der Waals surface area (Å²) in [4.78, 5) is 25.4. The van der Waals surface area contributed by atoms with Crippen molar-refractivity contribution in [2.75, 3.05) is 18.4 Å². The quantitative estimate of drug-likeness (QED) is 0.536. The van der Waals surface area contributed by atoms with Crippen molar-refractivity contribution in [3.05, 3.63) is 56.8 Å². The number of non-ortho nitro benzene ring substituents is 1. The van der Waals surface area contributed by atoms with Crippen molar-refractivity contribution in [3.8, 4) is 0 Å². The number of carbonyl (C=O) groups is 1. The number of likely N-dealkylation sites (tertiary alicyclic amines) is 1. The van der Waals surface area contributed by atoms with Crippen LogP contribution in [0.25, 0.3) is 0 Å². The van der Waals surface area contributed by atoms with Gasteiger partial charge >= 0.3 is 6.03 Å². The molecule has 3 N–H and O–H groups in total. The molecule has 0 bridgehead atoms. The van der Waals surface area contributed by atoms with Crippen molar-refractivity contribution in [1.29, 1.82) is 0 Å². The van der Waals surface area contributed by atoms with Crippen LogP contribution >= 0.6 is 11.3 Å². The van der Waals surface area contributed by atoms with Gasteiger partial charge in [0, 0.05) is 30.7 Å². The molecule has 1 fully saturated rings. The highest BCUT2D eigenvalue weighted by Crippen LogP contribution is 2.21. The second-order valence-corrected chi connectivity index (χ2v) is 7.53. The number of quaternary nitrogens is 1. The molecular formula is C18H23N4O3S+. The van der Waals surface area contributed by atoms with Gasteiger partial charge < -0.3 is 15.5 Å². The van der Waals surface area contributed by atoms with Crippen LogP contribution in [0.1, 0.15) is 30.7 Å². The fourth-order valence-corrected chi connectivity index (χ4v) is 4.52. The number of rotatable bonds is 6. The zero-order chi connectivity index (χ0) is 18.5. The van der Waals surface area contributed by atoms with Gasteiger partial charge in [0.05, 0.1) is 28.9 Å². The molecule has 2 aromatic rings. The Bertz CT molecular complexity index is 742. The van der Waals surface area contributed by atoms with Crippen LogP contribution in [0, 0.1) is 10.1 Å². The molecule has 0 spiro atoms. The second-order valence-electron chi connectivity index (χ2n) is 6.55. The summed E-state index contributed by atoms with van der Waals surface area (Å²) in [5, 5.41) is 18.6. The van der Waals surface area contributed by atoms with Crippen LogP contribution in [-0.4, -0.2) is 30.1 Å². The summed E-state index contributed by atoms with van der Waals surface area (Å²) < 4.78 is 0. The van der Waals surface area contributed by atoms with Gasteiger partial charge in [0.25, 0.3) is 5.69 Å². The molecule has 2 amide bonds. The molecule has 1 aliphatic rings. The lowest BCUT2D eigenvalue weighted by molar-refractivity contribution is -0.920. The zero-order valence-corrected chi connectivity index (χ0v) is 15.4. The fourth-order valence-electron chi connectivity index (χ4n) is 3.53. The topological polar surface area (TPSA) is 88.7 Å². The lowest BCUT2D eigenvalue weighted by atomic mass is 10.1. The molecular weight excluding hydrogens is 352 g/mol. The Morgan fingerprint density at radius 2 is 1.92 bits per heavy atom. The number of nitro groups is 1. The normalized spacial score (nSPS) is 16.8. The third-order valence-electron chi connectivity index (χ3n) is 4.73. The van der Waals surface area contributed by atoms with Crippen molar-refractivity contribution in [2.45, 2.75) is 31.8 Å². The summed E-state index contributed by atoms with van der Waals surface area (Å²) >= 11 is 1.73. The summed E-state index contributed by atoms with van der Waals surface area (Å²) in [5.41, 5.74) is 0.529. The molecule has 1 aromatic heterocycles. The molecule has 8 heteroatoms. The Morgan fingerprint density at radius 3 is 2.50 bits per heavy atom. The van der Waals surface area contributed by atoms with Crippen LogP contribution in [0.15, 0.2) is 41.8 Å². The maximum atomic E-state index is 12.4. The molecule has 1 aliphatic heterocycles. The van der Waals surface area contributed by atoms with Crippen LogP contribution in [0.5, 0.6) is 0 Å². The second kappa shape index (κ2) is 8.29. The smallest absolute Gasteiger partial charge is 0.319 e. The molecule has 0 unspecified atom stereocenters. The minimum atomic E-state index is -0.462. The number of anilines is 1. The van der Waals surface area contributed by atoms with Crippen LogP contribution in [0.3, 0.4) is 0 Å². The Labute approximate surface area is 156 Å². The number of nitrogens with zero attached hydrogens (tertiary/aromatic N) is 1. The number of carbonyl (C=O) groups excluding carboxylic acids is 1. The van der Waals surface area contributed by atoms with Crippen molar-refractivity contribution in [3.63, 3.8) is 0 Å². The molecule has 0 aliphatic carbocycles. The molecule has 2 heterocycles. The molecule has 2 atom stereocenters. The minimum absolute atomic E-state index is 0.000260. The van der Waals surface area contributed by atoms with Crippen molar-refractivity contribution >= 4 is 28.7 Å². The Morgan fingerprint density at radius 1 is 1.23 bits per heavy atom. The Kier molecular flexibility index (Phi) is 5.85. The summed E-state index contributed by atoms with van der Waals surface area (Å²) in [6.45, 7) is 4.28. The maximum Gasteiger partial charge on any atom is 0.319 e. The van der Waals surface area contributed by atoms with Crippen LogP contribution < -0.4 is 15.5 Å². The average molecular weight is 375 g/mol. The predicted molar refractivity (Wildman–Crippen MR) is 102 cm³/mol. The van der Waals surface area contributed by atoms with Crippen molar-refractivity contribution in [2.24, 2.45) is 0 Å². The lowest BCUT2D eigenvalue weighted by Crippen LogP contribution is -3.11. The number of nitro benzene ring substituents is 1. The number of hydrogen-bond acceptors (Lipinski definition) is 4. The molecule has 0 radical (unpaired) electrons. The van der Waals surface area contributed by atoms with E-state index < -0.39 is 4.92 Å². The van der Waals surface area contributed by atoms with E-state index in [1.165, 1.54) is 46.9 Å². The zero-order valence-electron chi connectivity index (χ0n) is 14.6. The van der Waals surface area contributed by atoms with Crippen molar-refractivity contribution in [1.82, 2.24) is 5.32 Å². The van der Waals surface area contributed by atoms with Gasteiger partial charge in [-0.15, -0.1) is 11.3 Å². The van der Waals surface area contributed by atoms with Gasteiger partial charge in [-0.3, -0.25) is 10.1 Å². The van der Waals surface area contributed by atoms with E-state index in [4.69, 9.17) is 0 Å². The maximum absolute atomic E-state index is 12.4. The van der Waals surface area contributed by atoms with E-state index >= 15 is 0 Å². The molecule has 138 valence electrons. The number of amides is 2.